The zero-order valence-electron chi connectivity index (χ0n) is 14.4. The molecule has 2 amide bonds. The number of carbonyl (C=O) groups is 2. The minimum Gasteiger partial charge on any atom is -0.447 e. The normalized spacial score (nSPS) is 10.4. The Kier molecular flexibility index (Phi) is 9.01. The Labute approximate surface area is 148 Å². The highest BCUT2D eigenvalue weighted by atomic mass is 35.5. The predicted molar refractivity (Wildman–Crippen MR) is 94.9 cm³/mol. The quantitative estimate of drug-likeness (QED) is 0.697. The minimum atomic E-state index is -0.555. The molecule has 1 aromatic carbocycles. The molecule has 0 fully saturated rings. The Bertz CT molecular complexity index is 537. The van der Waals surface area contributed by atoms with Crippen molar-refractivity contribution in [1.82, 2.24) is 4.90 Å². The van der Waals surface area contributed by atoms with Gasteiger partial charge in [-0.2, -0.15) is 0 Å². The number of hydrogen-bond donors (Lipinski definition) is 1. The third-order valence-corrected chi connectivity index (χ3v) is 3.19. The van der Waals surface area contributed by atoms with E-state index in [2.05, 4.69) is 12.2 Å². The fraction of sp³-hybridized carbons (Fsp3) is 0.529. The first kappa shape index (κ1) is 20.1. The van der Waals surface area contributed by atoms with Crippen molar-refractivity contribution in [2.45, 2.75) is 39.7 Å². The average Bonchev–Trinajstić information content (AvgIpc) is 2.50. The van der Waals surface area contributed by atoms with Crippen molar-refractivity contribution in [2.24, 2.45) is 0 Å². The maximum atomic E-state index is 12.2. The smallest absolute Gasteiger partial charge is 0.415 e. The van der Waals surface area contributed by atoms with E-state index in [1.165, 1.54) is 0 Å². The van der Waals surface area contributed by atoms with Crippen LogP contribution in [0.15, 0.2) is 24.3 Å². The number of nitrogens with one attached hydrogen (secondary N) is 1. The monoisotopic (exact) mass is 356 g/mol. The number of unbranched alkanes of at least 4 members (excludes halogenated alkanes) is 1. The Morgan fingerprint density at radius 1 is 1.29 bits per heavy atom. The molecule has 1 N–H and O–H groups in total. The number of halogens is 1. The van der Waals surface area contributed by atoms with Crippen molar-refractivity contribution in [3.8, 4) is 5.75 Å². The molecular formula is C17H25ClN2O4. The average molecular weight is 357 g/mol. The number of nitrogens with zero attached hydrogens (tertiary/aromatic N) is 1. The molecule has 0 saturated heterocycles. The molecule has 0 aliphatic heterocycles. The molecule has 0 radical (unpaired) electrons. The van der Waals surface area contributed by atoms with Crippen LogP contribution in [0, 0.1) is 0 Å². The van der Waals surface area contributed by atoms with Crippen LogP contribution in [-0.4, -0.2) is 42.2 Å². The highest BCUT2D eigenvalue weighted by molar-refractivity contribution is 6.18. The molecule has 0 aliphatic carbocycles. The number of ether oxygens (including phenoxy) is 2. The fourth-order valence-electron chi connectivity index (χ4n) is 1.91. The standard InChI is InChI=1S/C17H25ClN2O4/c1-4-5-10-20(11-9-18)17(22)24-15-8-6-7-14(12-15)19-16(21)23-13(2)3/h6-8,12-13H,4-5,9-11H2,1-3H3,(H,19,21). The van der Waals surface area contributed by atoms with E-state index in [9.17, 15) is 9.59 Å². The van der Waals surface area contributed by atoms with Crippen LogP contribution in [0.25, 0.3) is 0 Å². The summed E-state index contributed by atoms with van der Waals surface area (Å²) in [6.07, 6.45) is 0.637. The van der Waals surface area contributed by atoms with Crippen molar-refractivity contribution in [2.75, 3.05) is 24.3 Å². The number of amides is 2. The fourth-order valence-corrected chi connectivity index (χ4v) is 2.11. The summed E-state index contributed by atoms with van der Waals surface area (Å²) >= 11 is 5.74. The van der Waals surface area contributed by atoms with E-state index in [1.54, 1.807) is 43.0 Å². The number of rotatable bonds is 8. The van der Waals surface area contributed by atoms with Crippen LogP contribution in [0.5, 0.6) is 5.75 Å². The summed E-state index contributed by atoms with van der Waals surface area (Å²) in [5.41, 5.74) is 0.489. The molecule has 1 aromatic rings. The summed E-state index contributed by atoms with van der Waals surface area (Å²) in [7, 11) is 0. The van der Waals surface area contributed by atoms with Gasteiger partial charge in [-0.3, -0.25) is 5.32 Å². The number of alkyl halides is 1. The number of benzene rings is 1. The summed E-state index contributed by atoms with van der Waals surface area (Å²) in [6.45, 7) is 6.61. The maximum Gasteiger partial charge on any atom is 0.415 e. The van der Waals surface area contributed by atoms with Crippen LogP contribution >= 0.6 is 11.6 Å². The molecule has 0 bridgehead atoms. The topological polar surface area (TPSA) is 67.9 Å². The van der Waals surface area contributed by atoms with Crippen LogP contribution in [0.1, 0.15) is 33.6 Å². The van der Waals surface area contributed by atoms with Gasteiger partial charge in [0.25, 0.3) is 0 Å². The van der Waals surface area contributed by atoms with Crippen LogP contribution in [0.2, 0.25) is 0 Å². The van der Waals surface area contributed by atoms with E-state index < -0.39 is 12.2 Å². The Morgan fingerprint density at radius 2 is 2.04 bits per heavy atom. The van der Waals surface area contributed by atoms with Crippen LogP contribution < -0.4 is 10.1 Å². The van der Waals surface area contributed by atoms with Gasteiger partial charge < -0.3 is 14.4 Å². The van der Waals surface area contributed by atoms with Crippen molar-refractivity contribution < 1.29 is 19.1 Å². The molecule has 0 heterocycles. The zero-order valence-corrected chi connectivity index (χ0v) is 15.1. The van der Waals surface area contributed by atoms with E-state index in [-0.39, 0.29) is 6.10 Å². The summed E-state index contributed by atoms with van der Waals surface area (Å²) in [6, 6.07) is 6.59. The third kappa shape index (κ3) is 7.55. The van der Waals surface area contributed by atoms with Crippen LogP contribution in [0.3, 0.4) is 0 Å². The lowest BCUT2D eigenvalue weighted by atomic mass is 10.3. The summed E-state index contributed by atoms with van der Waals surface area (Å²) in [5.74, 6) is 0.694. The first-order chi connectivity index (χ1) is 11.5. The Morgan fingerprint density at radius 3 is 2.67 bits per heavy atom. The maximum absolute atomic E-state index is 12.2. The van der Waals surface area contributed by atoms with Gasteiger partial charge in [0.1, 0.15) is 5.75 Å². The van der Waals surface area contributed by atoms with Crippen LogP contribution in [-0.2, 0) is 4.74 Å². The minimum absolute atomic E-state index is 0.214. The lowest BCUT2D eigenvalue weighted by molar-refractivity contribution is 0.130. The van der Waals surface area contributed by atoms with Crippen molar-refractivity contribution in [1.29, 1.82) is 0 Å². The van der Waals surface area contributed by atoms with Crippen molar-refractivity contribution in [3.05, 3.63) is 24.3 Å². The molecule has 7 heteroatoms. The lowest BCUT2D eigenvalue weighted by Gasteiger charge is -2.20. The van der Waals surface area contributed by atoms with E-state index in [1.807, 2.05) is 0 Å². The Hall–Kier alpha value is -1.95. The van der Waals surface area contributed by atoms with Gasteiger partial charge in [-0.1, -0.05) is 19.4 Å². The summed E-state index contributed by atoms with van der Waals surface area (Å²) < 4.78 is 10.4. The van der Waals surface area contributed by atoms with Crippen LogP contribution in [0.4, 0.5) is 15.3 Å². The van der Waals surface area contributed by atoms with E-state index >= 15 is 0 Å². The molecule has 1 rings (SSSR count). The third-order valence-electron chi connectivity index (χ3n) is 3.02. The molecule has 0 spiro atoms. The number of carbonyl (C=O) groups excluding carboxylic acids is 2. The summed E-state index contributed by atoms with van der Waals surface area (Å²) in [4.78, 5) is 25.4. The number of anilines is 1. The lowest BCUT2D eigenvalue weighted by Crippen LogP contribution is -2.35. The van der Waals surface area contributed by atoms with E-state index in [0.717, 1.165) is 12.8 Å². The van der Waals surface area contributed by atoms with Gasteiger partial charge in [-0.15, -0.1) is 11.6 Å². The molecule has 134 valence electrons. The largest absolute Gasteiger partial charge is 0.447 e. The van der Waals surface area contributed by atoms with Gasteiger partial charge in [-0.05, 0) is 32.4 Å². The molecule has 6 nitrogen and oxygen atoms in total. The molecule has 0 aromatic heterocycles. The first-order valence-electron chi connectivity index (χ1n) is 8.06. The molecule has 0 atom stereocenters. The predicted octanol–water partition coefficient (Wildman–Crippen LogP) is 4.48. The van der Waals surface area contributed by atoms with Gasteiger partial charge in [0.2, 0.25) is 0 Å². The molecule has 24 heavy (non-hydrogen) atoms. The molecule has 0 saturated carbocycles. The van der Waals surface area contributed by atoms with E-state index in [4.69, 9.17) is 21.1 Å². The summed E-state index contributed by atoms with van der Waals surface area (Å²) in [5, 5.41) is 2.59. The van der Waals surface area contributed by atoms with Gasteiger partial charge in [0.15, 0.2) is 0 Å². The van der Waals surface area contributed by atoms with E-state index in [0.29, 0.717) is 30.4 Å². The SMILES string of the molecule is CCCCN(CCCl)C(=O)Oc1cccc(NC(=O)OC(C)C)c1. The molecule has 0 unspecified atom stereocenters. The van der Waals surface area contributed by atoms with Gasteiger partial charge in [-0.25, -0.2) is 9.59 Å². The highest BCUT2D eigenvalue weighted by Gasteiger charge is 2.15. The second-order valence-electron chi connectivity index (χ2n) is 5.50. The molecular weight excluding hydrogens is 332 g/mol. The zero-order chi connectivity index (χ0) is 17.9. The first-order valence-corrected chi connectivity index (χ1v) is 8.60. The van der Waals surface area contributed by atoms with Gasteiger partial charge in [0.05, 0.1) is 6.10 Å². The van der Waals surface area contributed by atoms with Gasteiger partial charge >= 0.3 is 12.2 Å². The van der Waals surface area contributed by atoms with Crippen molar-refractivity contribution in [3.63, 3.8) is 0 Å². The molecule has 0 aliphatic rings. The Balaban J connectivity index is 2.68. The van der Waals surface area contributed by atoms with Crippen molar-refractivity contribution >= 4 is 29.5 Å². The second kappa shape index (κ2) is 10.8. The highest BCUT2D eigenvalue weighted by Crippen LogP contribution is 2.18. The second-order valence-corrected chi connectivity index (χ2v) is 5.88. The van der Waals surface area contributed by atoms with Gasteiger partial charge in [0, 0.05) is 30.7 Å². The number of hydrogen-bond acceptors (Lipinski definition) is 4.